The summed E-state index contributed by atoms with van der Waals surface area (Å²) in [4.78, 5) is 0. The van der Waals surface area contributed by atoms with Crippen LogP contribution in [-0.2, 0) is 6.42 Å². The standard InChI is InChI=1S/C13H16/c1-3-11-5-4-6-12-8-7-10(2)9-13(11)12/h5,7-9H,3-4,6H2,1-2H3. The Morgan fingerprint density at radius 1 is 1.31 bits per heavy atom. The molecule has 0 radical (unpaired) electrons. The number of rotatable bonds is 1. The number of allylic oxidation sites excluding steroid dienone is 2. The number of hydrogen-bond acceptors (Lipinski definition) is 0. The highest BCUT2D eigenvalue weighted by molar-refractivity contribution is 5.70. The molecule has 0 atom stereocenters. The molecule has 0 nitrogen and oxygen atoms in total. The summed E-state index contributed by atoms with van der Waals surface area (Å²) in [6.07, 6.45) is 6.00. The van der Waals surface area contributed by atoms with E-state index in [0.717, 1.165) is 6.42 Å². The molecule has 0 aliphatic heterocycles. The second-order valence-electron chi connectivity index (χ2n) is 3.78. The molecule has 13 heavy (non-hydrogen) atoms. The van der Waals surface area contributed by atoms with Gasteiger partial charge in [-0.05, 0) is 42.9 Å². The summed E-state index contributed by atoms with van der Waals surface area (Å²) in [6.45, 7) is 4.41. The van der Waals surface area contributed by atoms with E-state index in [0.29, 0.717) is 0 Å². The van der Waals surface area contributed by atoms with E-state index in [1.807, 2.05) is 0 Å². The van der Waals surface area contributed by atoms with Crippen LogP contribution in [0.2, 0.25) is 0 Å². The summed E-state index contributed by atoms with van der Waals surface area (Å²) in [5.74, 6) is 0. The molecule has 0 spiro atoms. The minimum atomic E-state index is 1.16. The van der Waals surface area contributed by atoms with Crippen molar-refractivity contribution in [2.45, 2.75) is 33.1 Å². The largest absolute Gasteiger partial charge is 0.0804 e. The van der Waals surface area contributed by atoms with E-state index in [9.17, 15) is 0 Å². The van der Waals surface area contributed by atoms with E-state index in [4.69, 9.17) is 0 Å². The first-order chi connectivity index (χ1) is 6.31. The summed E-state index contributed by atoms with van der Waals surface area (Å²) in [6, 6.07) is 6.83. The Kier molecular flexibility index (Phi) is 2.22. The van der Waals surface area contributed by atoms with Gasteiger partial charge in [-0.1, -0.05) is 36.8 Å². The van der Waals surface area contributed by atoms with E-state index in [2.05, 4.69) is 38.1 Å². The fourth-order valence-corrected chi connectivity index (χ4v) is 2.05. The van der Waals surface area contributed by atoms with Gasteiger partial charge in [0.2, 0.25) is 0 Å². The van der Waals surface area contributed by atoms with Crippen molar-refractivity contribution in [3.8, 4) is 0 Å². The third kappa shape index (κ3) is 1.53. The van der Waals surface area contributed by atoms with Crippen LogP contribution >= 0.6 is 0 Å². The van der Waals surface area contributed by atoms with Gasteiger partial charge in [-0.15, -0.1) is 0 Å². The molecule has 1 aromatic carbocycles. The van der Waals surface area contributed by atoms with Crippen LogP contribution in [-0.4, -0.2) is 0 Å². The molecule has 0 aromatic heterocycles. The van der Waals surface area contributed by atoms with Gasteiger partial charge in [0, 0.05) is 0 Å². The highest BCUT2D eigenvalue weighted by atomic mass is 14.1. The molecule has 0 heteroatoms. The number of aryl methyl sites for hydroxylation is 2. The summed E-state index contributed by atoms with van der Waals surface area (Å²) < 4.78 is 0. The molecule has 0 N–H and O–H groups in total. The van der Waals surface area contributed by atoms with Crippen LogP contribution in [0.1, 0.15) is 36.5 Å². The Labute approximate surface area is 80.3 Å². The zero-order valence-electron chi connectivity index (χ0n) is 8.43. The summed E-state index contributed by atoms with van der Waals surface area (Å²) in [7, 11) is 0. The van der Waals surface area contributed by atoms with Crippen LogP contribution in [0, 0.1) is 6.92 Å². The highest BCUT2D eigenvalue weighted by Gasteiger charge is 2.10. The predicted octanol–water partition coefficient (Wildman–Crippen LogP) is 3.73. The molecule has 1 aliphatic carbocycles. The molecular formula is C13H16. The van der Waals surface area contributed by atoms with Gasteiger partial charge in [-0.3, -0.25) is 0 Å². The lowest BCUT2D eigenvalue weighted by Crippen LogP contribution is -1.99. The molecule has 0 saturated heterocycles. The lowest BCUT2D eigenvalue weighted by molar-refractivity contribution is 0.961. The van der Waals surface area contributed by atoms with E-state index in [1.165, 1.54) is 35.1 Å². The summed E-state index contributed by atoms with van der Waals surface area (Å²) in [5, 5.41) is 0. The van der Waals surface area contributed by atoms with Gasteiger partial charge in [-0.25, -0.2) is 0 Å². The number of benzene rings is 1. The predicted molar refractivity (Wildman–Crippen MR) is 57.8 cm³/mol. The molecule has 1 aliphatic rings. The summed E-state index contributed by atoms with van der Waals surface area (Å²) in [5.41, 5.74) is 5.93. The van der Waals surface area contributed by atoms with Crippen LogP contribution in [0.25, 0.3) is 5.57 Å². The minimum Gasteiger partial charge on any atom is -0.0804 e. The zero-order valence-corrected chi connectivity index (χ0v) is 8.43. The van der Waals surface area contributed by atoms with E-state index in [-0.39, 0.29) is 0 Å². The Balaban J connectivity index is 2.51. The maximum absolute atomic E-state index is 2.39. The molecule has 0 bridgehead atoms. The van der Waals surface area contributed by atoms with Crippen molar-refractivity contribution >= 4 is 5.57 Å². The fraction of sp³-hybridized carbons (Fsp3) is 0.385. The van der Waals surface area contributed by atoms with E-state index >= 15 is 0 Å². The maximum Gasteiger partial charge on any atom is -0.0193 e. The SMILES string of the molecule is CCC1=CCCc2ccc(C)cc21. The lowest BCUT2D eigenvalue weighted by Gasteiger charge is -2.17. The quantitative estimate of drug-likeness (QED) is 0.605. The third-order valence-electron chi connectivity index (χ3n) is 2.80. The second kappa shape index (κ2) is 3.37. The first-order valence-corrected chi connectivity index (χ1v) is 5.10. The molecule has 0 heterocycles. The number of fused-ring (bicyclic) bond motifs is 1. The lowest BCUT2D eigenvalue weighted by atomic mass is 9.88. The van der Waals surface area contributed by atoms with Crippen molar-refractivity contribution in [3.63, 3.8) is 0 Å². The van der Waals surface area contributed by atoms with Gasteiger partial charge in [-0.2, -0.15) is 0 Å². The minimum absolute atomic E-state index is 1.16. The van der Waals surface area contributed by atoms with Crippen LogP contribution in [0.15, 0.2) is 24.3 Å². The Morgan fingerprint density at radius 2 is 2.15 bits per heavy atom. The van der Waals surface area contributed by atoms with E-state index in [1.54, 1.807) is 0 Å². The van der Waals surface area contributed by atoms with E-state index < -0.39 is 0 Å². The maximum atomic E-state index is 2.39. The van der Waals surface area contributed by atoms with Crippen LogP contribution in [0.3, 0.4) is 0 Å². The van der Waals surface area contributed by atoms with Crippen molar-refractivity contribution in [1.82, 2.24) is 0 Å². The smallest absolute Gasteiger partial charge is 0.0193 e. The zero-order chi connectivity index (χ0) is 9.26. The third-order valence-corrected chi connectivity index (χ3v) is 2.80. The Bertz CT molecular complexity index is 345. The molecular weight excluding hydrogens is 156 g/mol. The van der Waals surface area contributed by atoms with Gasteiger partial charge in [0.1, 0.15) is 0 Å². The van der Waals surface area contributed by atoms with Gasteiger partial charge < -0.3 is 0 Å². The average Bonchev–Trinajstić information content (AvgIpc) is 2.17. The van der Waals surface area contributed by atoms with Gasteiger partial charge in [0.25, 0.3) is 0 Å². The van der Waals surface area contributed by atoms with Crippen LogP contribution < -0.4 is 0 Å². The molecule has 0 fully saturated rings. The summed E-state index contributed by atoms with van der Waals surface area (Å²) >= 11 is 0. The monoisotopic (exact) mass is 172 g/mol. The first-order valence-electron chi connectivity index (χ1n) is 5.10. The Hall–Kier alpha value is -1.04. The average molecular weight is 172 g/mol. The van der Waals surface area contributed by atoms with Crippen molar-refractivity contribution in [2.24, 2.45) is 0 Å². The van der Waals surface area contributed by atoms with Crippen molar-refractivity contribution in [1.29, 1.82) is 0 Å². The molecule has 2 rings (SSSR count). The second-order valence-corrected chi connectivity index (χ2v) is 3.78. The van der Waals surface area contributed by atoms with Crippen molar-refractivity contribution < 1.29 is 0 Å². The van der Waals surface area contributed by atoms with Crippen LogP contribution in [0.4, 0.5) is 0 Å². The molecule has 0 amide bonds. The van der Waals surface area contributed by atoms with Gasteiger partial charge in [0.05, 0.1) is 0 Å². The van der Waals surface area contributed by atoms with Crippen LogP contribution in [0.5, 0.6) is 0 Å². The van der Waals surface area contributed by atoms with Crippen molar-refractivity contribution in [3.05, 3.63) is 41.0 Å². The van der Waals surface area contributed by atoms with Crippen molar-refractivity contribution in [2.75, 3.05) is 0 Å². The first kappa shape index (κ1) is 8.55. The number of hydrogen-bond donors (Lipinski definition) is 0. The van der Waals surface area contributed by atoms with Gasteiger partial charge in [0.15, 0.2) is 0 Å². The molecule has 0 saturated carbocycles. The molecule has 1 aromatic rings. The normalized spacial score (nSPS) is 15.1. The fourth-order valence-electron chi connectivity index (χ4n) is 2.05. The molecule has 0 unspecified atom stereocenters. The Morgan fingerprint density at radius 3 is 2.92 bits per heavy atom. The van der Waals surface area contributed by atoms with Gasteiger partial charge >= 0.3 is 0 Å². The highest BCUT2D eigenvalue weighted by Crippen LogP contribution is 2.28. The molecule has 68 valence electrons. The topological polar surface area (TPSA) is 0 Å².